The van der Waals surface area contributed by atoms with Crippen LogP contribution in [0.15, 0.2) is 94.6 Å². The Balaban J connectivity index is 1.05. The van der Waals surface area contributed by atoms with Gasteiger partial charge in [0.05, 0.1) is 31.2 Å². The zero-order valence-electron chi connectivity index (χ0n) is 20.6. The highest BCUT2D eigenvalue weighted by Crippen LogP contribution is 2.37. The van der Waals surface area contributed by atoms with Crippen LogP contribution in [0.2, 0.25) is 0 Å². The lowest BCUT2D eigenvalue weighted by atomic mass is 9.91. The molecular weight excluding hydrogens is 450 g/mol. The van der Waals surface area contributed by atoms with Crippen LogP contribution in [0, 0.1) is 0 Å². The standard InChI is InChI=1S/C31H33NO4/c1-2-4-25(5-3-1)30-12-6-26-18-29(11-13-31(26)36-30)35-28-9-7-27(8-10-28)32(19-23-14-16-33-21-23)20-24-15-17-34-22-24/h1-5,11,13-18,21-22,27-28,30H,6-10,12,19-20H2. The number of fused-ring (bicyclic) bond motifs is 1. The molecule has 6 rings (SSSR count). The van der Waals surface area contributed by atoms with Crippen molar-refractivity contribution in [3.05, 3.63) is 108 Å². The maximum atomic E-state index is 6.47. The average molecular weight is 484 g/mol. The van der Waals surface area contributed by atoms with Crippen LogP contribution in [0.3, 0.4) is 0 Å². The molecule has 0 spiro atoms. The summed E-state index contributed by atoms with van der Waals surface area (Å²) in [4.78, 5) is 2.55. The molecule has 1 fully saturated rings. The van der Waals surface area contributed by atoms with E-state index in [1.165, 1.54) is 22.3 Å². The van der Waals surface area contributed by atoms with Crippen LogP contribution in [0.4, 0.5) is 0 Å². The Morgan fingerprint density at radius 1 is 0.778 bits per heavy atom. The molecule has 4 aromatic rings. The Morgan fingerprint density at radius 2 is 1.50 bits per heavy atom. The number of nitrogens with zero attached hydrogens (tertiary/aromatic N) is 1. The van der Waals surface area contributed by atoms with Gasteiger partial charge in [-0.1, -0.05) is 30.3 Å². The number of aryl methyl sites for hydroxylation is 1. The fraction of sp³-hybridized carbons (Fsp3) is 0.355. The highest BCUT2D eigenvalue weighted by molar-refractivity contribution is 5.42. The molecule has 5 heteroatoms. The minimum absolute atomic E-state index is 0.132. The molecule has 0 amide bonds. The SMILES string of the molecule is c1ccc(C2CCc3cc(OC4CCC(N(Cc5ccoc5)Cc5ccoc5)CC4)ccc3O2)cc1. The Hall–Kier alpha value is -3.44. The van der Waals surface area contributed by atoms with Gasteiger partial charge in [0.15, 0.2) is 0 Å². The first-order valence-electron chi connectivity index (χ1n) is 13.1. The van der Waals surface area contributed by atoms with Crippen LogP contribution >= 0.6 is 0 Å². The Labute approximate surface area is 212 Å². The van der Waals surface area contributed by atoms with Crippen LogP contribution < -0.4 is 9.47 Å². The smallest absolute Gasteiger partial charge is 0.124 e. The molecule has 0 saturated heterocycles. The summed E-state index contributed by atoms with van der Waals surface area (Å²) in [5, 5.41) is 0. The summed E-state index contributed by atoms with van der Waals surface area (Å²) >= 11 is 0. The lowest BCUT2D eigenvalue weighted by Gasteiger charge is -2.36. The van der Waals surface area contributed by atoms with Gasteiger partial charge in [-0.3, -0.25) is 4.90 Å². The van der Waals surface area contributed by atoms with E-state index >= 15 is 0 Å². The van der Waals surface area contributed by atoms with Gasteiger partial charge in [0.1, 0.15) is 17.6 Å². The second kappa shape index (κ2) is 10.7. The molecule has 1 saturated carbocycles. The molecule has 3 heterocycles. The Kier molecular flexibility index (Phi) is 6.81. The Bertz CT molecular complexity index is 1170. The summed E-state index contributed by atoms with van der Waals surface area (Å²) in [5.41, 5.74) is 4.92. The van der Waals surface area contributed by atoms with E-state index < -0.39 is 0 Å². The van der Waals surface area contributed by atoms with Crippen LogP contribution in [0.5, 0.6) is 11.5 Å². The van der Waals surface area contributed by atoms with Gasteiger partial charge in [0, 0.05) is 30.3 Å². The second-order valence-corrected chi connectivity index (χ2v) is 10.0. The molecule has 2 aliphatic rings. The molecule has 36 heavy (non-hydrogen) atoms. The molecule has 2 aromatic heterocycles. The van der Waals surface area contributed by atoms with Crippen molar-refractivity contribution in [2.24, 2.45) is 0 Å². The predicted molar refractivity (Wildman–Crippen MR) is 138 cm³/mol. The van der Waals surface area contributed by atoms with Crippen molar-refractivity contribution in [3.63, 3.8) is 0 Å². The molecule has 5 nitrogen and oxygen atoms in total. The summed E-state index contributed by atoms with van der Waals surface area (Å²) in [6.45, 7) is 1.76. The van der Waals surface area contributed by atoms with Crippen LogP contribution in [0.25, 0.3) is 0 Å². The fourth-order valence-electron chi connectivity index (χ4n) is 5.61. The number of ether oxygens (including phenoxy) is 2. The maximum absolute atomic E-state index is 6.47. The van der Waals surface area contributed by atoms with Gasteiger partial charge >= 0.3 is 0 Å². The summed E-state index contributed by atoms with van der Waals surface area (Å²) in [6, 6.07) is 21.5. The van der Waals surface area contributed by atoms with E-state index in [1.54, 1.807) is 12.5 Å². The second-order valence-electron chi connectivity index (χ2n) is 10.0. The van der Waals surface area contributed by atoms with Crippen molar-refractivity contribution in [2.45, 2.75) is 69.9 Å². The van der Waals surface area contributed by atoms with Gasteiger partial charge < -0.3 is 18.3 Å². The van der Waals surface area contributed by atoms with Gasteiger partial charge in [-0.2, -0.15) is 0 Å². The number of hydrogen-bond donors (Lipinski definition) is 0. The number of hydrogen-bond acceptors (Lipinski definition) is 5. The topological polar surface area (TPSA) is 48.0 Å². The minimum atomic E-state index is 0.132. The van der Waals surface area contributed by atoms with E-state index in [1.807, 2.05) is 18.6 Å². The third-order valence-electron chi connectivity index (χ3n) is 7.54. The predicted octanol–water partition coefficient (Wildman–Crippen LogP) is 7.33. The van der Waals surface area contributed by atoms with Crippen LogP contribution in [0.1, 0.15) is 60.5 Å². The zero-order valence-corrected chi connectivity index (χ0v) is 20.6. The molecule has 186 valence electrons. The lowest BCUT2D eigenvalue weighted by Crippen LogP contribution is -2.39. The van der Waals surface area contributed by atoms with Gasteiger partial charge in [-0.05, 0) is 80.0 Å². The summed E-state index contributed by atoms with van der Waals surface area (Å²) in [5.74, 6) is 1.95. The first-order chi connectivity index (χ1) is 17.8. The molecule has 0 N–H and O–H groups in total. The molecule has 1 aliphatic carbocycles. The van der Waals surface area contributed by atoms with Crippen LogP contribution in [-0.2, 0) is 19.5 Å². The molecule has 2 aromatic carbocycles. The average Bonchev–Trinajstić information content (AvgIpc) is 3.64. The summed E-state index contributed by atoms with van der Waals surface area (Å²) < 4.78 is 23.4. The maximum Gasteiger partial charge on any atom is 0.124 e. The van der Waals surface area contributed by atoms with Crippen LogP contribution in [-0.4, -0.2) is 17.0 Å². The molecule has 1 atom stereocenters. The number of rotatable bonds is 8. The highest BCUT2D eigenvalue weighted by atomic mass is 16.5. The van der Waals surface area contributed by atoms with Crippen molar-refractivity contribution < 1.29 is 18.3 Å². The van der Waals surface area contributed by atoms with E-state index in [2.05, 4.69) is 59.5 Å². The molecule has 1 aliphatic heterocycles. The van der Waals surface area contributed by atoms with Crippen molar-refractivity contribution in [2.75, 3.05) is 0 Å². The van der Waals surface area contributed by atoms with Crippen molar-refractivity contribution in [1.82, 2.24) is 4.90 Å². The van der Waals surface area contributed by atoms with E-state index in [9.17, 15) is 0 Å². The van der Waals surface area contributed by atoms with Gasteiger partial charge in [0.25, 0.3) is 0 Å². The third-order valence-corrected chi connectivity index (χ3v) is 7.54. The highest BCUT2D eigenvalue weighted by Gasteiger charge is 2.28. The zero-order chi connectivity index (χ0) is 24.2. The van der Waals surface area contributed by atoms with Gasteiger partial charge in [-0.15, -0.1) is 0 Å². The monoisotopic (exact) mass is 483 g/mol. The summed E-state index contributed by atoms with van der Waals surface area (Å²) in [7, 11) is 0. The number of furan rings is 2. The van der Waals surface area contributed by atoms with Gasteiger partial charge in [0.2, 0.25) is 0 Å². The van der Waals surface area contributed by atoms with Crippen molar-refractivity contribution >= 4 is 0 Å². The van der Waals surface area contributed by atoms with Crippen molar-refractivity contribution in [3.8, 4) is 11.5 Å². The van der Waals surface area contributed by atoms with Gasteiger partial charge in [-0.25, -0.2) is 0 Å². The van der Waals surface area contributed by atoms with E-state index in [0.717, 1.165) is 63.1 Å². The normalized spacial score (nSPS) is 21.6. The number of benzene rings is 2. The van der Waals surface area contributed by atoms with E-state index in [0.29, 0.717) is 6.04 Å². The van der Waals surface area contributed by atoms with Crippen molar-refractivity contribution in [1.29, 1.82) is 0 Å². The minimum Gasteiger partial charge on any atom is -0.490 e. The largest absolute Gasteiger partial charge is 0.490 e. The first kappa shape index (κ1) is 23.0. The fourth-order valence-corrected chi connectivity index (χ4v) is 5.61. The van der Waals surface area contributed by atoms with E-state index in [4.69, 9.17) is 18.3 Å². The molecular formula is C31H33NO4. The van der Waals surface area contributed by atoms with E-state index in [-0.39, 0.29) is 12.2 Å². The quantitative estimate of drug-likeness (QED) is 0.263. The molecule has 0 radical (unpaired) electrons. The molecule has 1 unspecified atom stereocenters. The molecule has 0 bridgehead atoms. The Morgan fingerprint density at radius 3 is 2.17 bits per heavy atom. The third kappa shape index (κ3) is 5.36. The summed E-state index contributed by atoms with van der Waals surface area (Å²) in [6.07, 6.45) is 13.9. The first-order valence-corrected chi connectivity index (χ1v) is 13.1. The lowest BCUT2D eigenvalue weighted by molar-refractivity contribution is 0.0790.